The van der Waals surface area contributed by atoms with E-state index in [2.05, 4.69) is 25.3 Å². The Kier molecular flexibility index (Phi) is 4.56. The fourth-order valence-electron chi connectivity index (χ4n) is 3.61. The molecule has 1 atom stereocenters. The van der Waals surface area contributed by atoms with Crippen LogP contribution < -0.4 is 10.2 Å². The van der Waals surface area contributed by atoms with Crippen molar-refractivity contribution in [2.75, 3.05) is 44.7 Å². The van der Waals surface area contributed by atoms with Crippen LogP contribution in [0, 0.1) is 10.1 Å². The van der Waals surface area contributed by atoms with Gasteiger partial charge in [0.05, 0.1) is 11.0 Å². The molecule has 0 saturated carbocycles. The third-order valence-electron chi connectivity index (χ3n) is 5.12. The molecular weight excluding hydrogens is 336 g/mol. The van der Waals surface area contributed by atoms with Gasteiger partial charge in [0.25, 0.3) is 11.6 Å². The van der Waals surface area contributed by atoms with Crippen molar-refractivity contribution in [2.24, 2.45) is 0 Å². The molecule has 2 saturated heterocycles. The number of hydrogen-bond donors (Lipinski definition) is 1. The molecule has 1 unspecified atom stereocenters. The molecule has 1 aromatic carbocycles. The molecule has 2 aliphatic heterocycles. The number of piperazine rings is 1. The Balaban J connectivity index is 1.63. The second kappa shape index (κ2) is 7.00. The van der Waals surface area contributed by atoms with E-state index in [0.717, 1.165) is 45.6 Å². The van der Waals surface area contributed by atoms with Gasteiger partial charge in [-0.3, -0.25) is 15.0 Å². The maximum absolute atomic E-state index is 11.6. The number of aromatic nitrogens is 2. The largest absolute Gasteiger partial charge is 0.366 e. The molecular formula is C17H22N6O3. The summed E-state index contributed by atoms with van der Waals surface area (Å²) in [6, 6.07) is 5.19. The van der Waals surface area contributed by atoms with E-state index in [1.54, 1.807) is 6.07 Å². The summed E-state index contributed by atoms with van der Waals surface area (Å²) in [6.07, 6.45) is 2.13. The van der Waals surface area contributed by atoms with Crippen LogP contribution in [0.3, 0.4) is 0 Å². The predicted octanol–water partition coefficient (Wildman–Crippen LogP) is 1.82. The highest BCUT2D eigenvalue weighted by atomic mass is 16.6. The molecule has 4 rings (SSSR count). The lowest BCUT2D eigenvalue weighted by Crippen LogP contribution is -2.44. The Hall–Kier alpha value is -2.52. The van der Waals surface area contributed by atoms with Crippen LogP contribution in [0.15, 0.2) is 22.7 Å². The number of nitrogens with one attached hydrogen (secondary N) is 1. The van der Waals surface area contributed by atoms with Crippen molar-refractivity contribution < 1.29 is 9.45 Å². The lowest BCUT2D eigenvalue weighted by molar-refractivity contribution is -0.384. The van der Waals surface area contributed by atoms with E-state index in [1.165, 1.54) is 6.07 Å². The van der Waals surface area contributed by atoms with Crippen molar-refractivity contribution >= 4 is 11.4 Å². The standard InChI is InChI=1S/C17H22N6O3/c1-21-9-6-18-11-15(21)16-19-17(26-20-16)12-4-5-13(14(10-12)23(24)25)22-7-2-3-8-22/h4-5,10,15,18H,2-3,6-9,11H2,1H3. The first-order chi connectivity index (χ1) is 12.6. The number of rotatable bonds is 4. The summed E-state index contributed by atoms with van der Waals surface area (Å²) in [5, 5.41) is 19.0. The number of benzene rings is 1. The van der Waals surface area contributed by atoms with Crippen molar-refractivity contribution in [3.8, 4) is 11.5 Å². The van der Waals surface area contributed by atoms with Gasteiger partial charge >= 0.3 is 0 Å². The average molecular weight is 358 g/mol. The first-order valence-electron chi connectivity index (χ1n) is 8.92. The molecule has 2 fully saturated rings. The Morgan fingerprint density at radius 2 is 2.12 bits per heavy atom. The van der Waals surface area contributed by atoms with Gasteiger partial charge < -0.3 is 14.7 Å². The lowest BCUT2D eigenvalue weighted by Gasteiger charge is -2.30. The molecule has 2 aliphatic rings. The molecule has 0 spiro atoms. The number of hydrogen-bond acceptors (Lipinski definition) is 8. The van der Waals surface area contributed by atoms with Gasteiger partial charge in [-0.15, -0.1) is 0 Å². The highest BCUT2D eigenvalue weighted by molar-refractivity contribution is 5.71. The van der Waals surface area contributed by atoms with Crippen LogP contribution in [0.25, 0.3) is 11.5 Å². The Morgan fingerprint density at radius 1 is 1.31 bits per heavy atom. The number of likely N-dealkylation sites (N-methyl/N-ethyl adjacent to an activating group) is 1. The minimum absolute atomic E-state index is 0.0418. The van der Waals surface area contributed by atoms with Crippen molar-refractivity contribution in [1.82, 2.24) is 20.4 Å². The minimum Gasteiger partial charge on any atom is -0.366 e. The number of nitro benzene ring substituents is 1. The van der Waals surface area contributed by atoms with E-state index < -0.39 is 0 Å². The Morgan fingerprint density at radius 3 is 2.85 bits per heavy atom. The molecule has 3 heterocycles. The molecule has 2 aromatic rings. The SMILES string of the molecule is CN1CCNCC1c1noc(-c2ccc(N3CCCC3)c([N+](=O)[O-])c2)n1. The van der Waals surface area contributed by atoms with E-state index in [1.807, 2.05) is 13.1 Å². The third kappa shape index (κ3) is 3.15. The van der Waals surface area contributed by atoms with Gasteiger partial charge in [0.1, 0.15) is 5.69 Å². The molecule has 9 heteroatoms. The lowest BCUT2D eigenvalue weighted by atomic mass is 10.1. The topological polar surface area (TPSA) is 101 Å². The van der Waals surface area contributed by atoms with Crippen molar-refractivity contribution in [1.29, 1.82) is 0 Å². The quantitative estimate of drug-likeness (QED) is 0.652. The van der Waals surface area contributed by atoms with E-state index in [-0.39, 0.29) is 16.7 Å². The zero-order valence-electron chi connectivity index (χ0n) is 14.7. The summed E-state index contributed by atoms with van der Waals surface area (Å²) in [4.78, 5) is 19.9. The van der Waals surface area contributed by atoms with Crippen LogP contribution >= 0.6 is 0 Å². The normalized spacial score (nSPS) is 21.3. The van der Waals surface area contributed by atoms with Crippen LogP contribution in [-0.4, -0.2) is 59.7 Å². The van der Waals surface area contributed by atoms with Gasteiger partial charge in [-0.1, -0.05) is 5.16 Å². The number of nitro groups is 1. The average Bonchev–Trinajstić information content (AvgIpc) is 3.34. The van der Waals surface area contributed by atoms with Gasteiger partial charge in [0.2, 0.25) is 0 Å². The van der Waals surface area contributed by atoms with Crippen LogP contribution in [-0.2, 0) is 0 Å². The van der Waals surface area contributed by atoms with E-state index in [9.17, 15) is 10.1 Å². The minimum atomic E-state index is -0.340. The summed E-state index contributed by atoms with van der Waals surface area (Å²) in [5.74, 6) is 0.913. The van der Waals surface area contributed by atoms with Crippen molar-refractivity contribution in [2.45, 2.75) is 18.9 Å². The monoisotopic (exact) mass is 358 g/mol. The first kappa shape index (κ1) is 16.9. The third-order valence-corrected chi connectivity index (χ3v) is 5.12. The second-order valence-corrected chi connectivity index (χ2v) is 6.81. The zero-order chi connectivity index (χ0) is 18.1. The van der Waals surface area contributed by atoms with E-state index in [4.69, 9.17) is 4.52 Å². The number of nitrogens with zero attached hydrogens (tertiary/aromatic N) is 5. The van der Waals surface area contributed by atoms with Gasteiger partial charge in [-0.25, -0.2) is 0 Å². The van der Waals surface area contributed by atoms with Crippen LogP contribution in [0.1, 0.15) is 24.7 Å². The van der Waals surface area contributed by atoms with Crippen LogP contribution in [0.4, 0.5) is 11.4 Å². The highest BCUT2D eigenvalue weighted by Gasteiger charge is 2.27. The molecule has 0 aliphatic carbocycles. The molecule has 26 heavy (non-hydrogen) atoms. The molecule has 0 amide bonds. The fraction of sp³-hybridized carbons (Fsp3) is 0.529. The maximum atomic E-state index is 11.6. The second-order valence-electron chi connectivity index (χ2n) is 6.81. The number of anilines is 1. The fourth-order valence-corrected chi connectivity index (χ4v) is 3.61. The smallest absolute Gasteiger partial charge is 0.293 e. The summed E-state index contributed by atoms with van der Waals surface area (Å²) < 4.78 is 5.40. The Labute approximate surface area is 151 Å². The van der Waals surface area contributed by atoms with Gasteiger partial charge in [-0.05, 0) is 32.0 Å². The molecule has 1 N–H and O–H groups in total. The van der Waals surface area contributed by atoms with Gasteiger partial charge in [-0.2, -0.15) is 4.98 Å². The van der Waals surface area contributed by atoms with Gasteiger partial charge in [0.15, 0.2) is 5.82 Å². The van der Waals surface area contributed by atoms with Crippen molar-refractivity contribution in [3.05, 3.63) is 34.1 Å². The maximum Gasteiger partial charge on any atom is 0.293 e. The summed E-state index contributed by atoms with van der Waals surface area (Å²) in [7, 11) is 2.03. The zero-order valence-corrected chi connectivity index (χ0v) is 14.7. The Bertz CT molecular complexity index is 802. The van der Waals surface area contributed by atoms with Crippen molar-refractivity contribution in [3.63, 3.8) is 0 Å². The van der Waals surface area contributed by atoms with E-state index in [0.29, 0.717) is 23.0 Å². The van der Waals surface area contributed by atoms with Crippen LogP contribution in [0.2, 0.25) is 0 Å². The summed E-state index contributed by atoms with van der Waals surface area (Å²) in [6.45, 7) is 4.30. The molecule has 1 aromatic heterocycles. The molecule has 138 valence electrons. The highest BCUT2D eigenvalue weighted by Crippen LogP contribution is 2.34. The summed E-state index contributed by atoms with van der Waals surface area (Å²) in [5.41, 5.74) is 1.32. The molecule has 0 radical (unpaired) electrons. The predicted molar refractivity (Wildman–Crippen MR) is 96.1 cm³/mol. The summed E-state index contributed by atoms with van der Waals surface area (Å²) >= 11 is 0. The van der Waals surface area contributed by atoms with Crippen LogP contribution in [0.5, 0.6) is 0 Å². The molecule has 0 bridgehead atoms. The first-order valence-corrected chi connectivity index (χ1v) is 8.92. The van der Waals surface area contributed by atoms with Gasteiger partial charge in [0, 0.05) is 44.4 Å². The molecule has 9 nitrogen and oxygen atoms in total. The van der Waals surface area contributed by atoms with E-state index >= 15 is 0 Å².